The molecule has 258 valence electrons. The van der Waals surface area contributed by atoms with E-state index >= 15 is 0 Å². The second-order valence-corrected chi connectivity index (χ2v) is 15.9. The van der Waals surface area contributed by atoms with E-state index in [9.17, 15) is 0 Å². The number of thiophene rings is 1. The molecule has 0 aliphatic heterocycles. The molecule has 8 aromatic rings. The van der Waals surface area contributed by atoms with Crippen molar-refractivity contribution in [2.75, 3.05) is 0 Å². The number of para-hydroxylation sites is 1. The molecular weight excluding hydrogens is 675 g/mol. The molecule has 0 saturated heterocycles. The van der Waals surface area contributed by atoms with Crippen molar-refractivity contribution in [2.24, 2.45) is 5.92 Å². The van der Waals surface area contributed by atoms with Crippen molar-refractivity contribution in [3.8, 4) is 28.3 Å². The Labute approximate surface area is 319 Å². The average Bonchev–Trinajstić information content (AvgIpc) is 3.77. The Kier molecular flexibility index (Phi) is 7.12. The van der Waals surface area contributed by atoms with E-state index in [0.29, 0.717) is 0 Å². The number of aryl methyl sites for hydroxylation is 1. The van der Waals surface area contributed by atoms with Gasteiger partial charge in [0.1, 0.15) is 4.83 Å². The van der Waals surface area contributed by atoms with Crippen LogP contribution in [0.3, 0.4) is 0 Å². The minimum atomic E-state index is 0.223. The van der Waals surface area contributed by atoms with Crippen LogP contribution < -0.4 is 0 Å². The molecule has 0 radical (unpaired) electrons. The molecule has 54 heavy (non-hydrogen) atoms. The highest BCUT2D eigenvalue weighted by molar-refractivity contribution is 7.25. The van der Waals surface area contributed by atoms with Crippen LogP contribution in [0.25, 0.3) is 71.2 Å². The highest BCUT2D eigenvalue weighted by atomic mass is 32.1. The van der Waals surface area contributed by atoms with Crippen molar-refractivity contribution >= 4 is 54.2 Å². The highest BCUT2D eigenvalue weighted by Crippen LogP contribution is 2.52. The normalized spacial score (nSPS) is 17.4. The average molecular weight is 712 g/mol. The monoisotopic (exact) mass is 711 g/mol. The molecule has 3 aromatic heterocycles. The zero-order valence-electron chi connectivity index (χ0n) is 30.3. The third kappa shape index (κ3) is 4.60. The minimum Gasteiger partial charge on any atom is -0.278 e. The fraction of sp³-hybridized carbons (Fsp3) is 0.120. The Balaban J connectivity index is 1.26. The summed E-state index contributed by atoms with van der Waals surface area (Å²) >= 11 is 1.77. The van der Waals surface area contributed by atoms with Gasteiger partial charge in [0.15, 0.2) is 0 Å². The number of hydrogen-bond acceptors (Lipinski definition) is 3. The van der Waals surface area contributed by atoms with Gasteiger partial charge < -0.3 is 0 Å². The lowest BCUT2D eigenvalue weighted by Gasteiger charge is -2.34. The molecule has 0 fully saturated rings. The molecule has 3 heterocycles. The molecule has 3 aliphatic rings. The summed E-state index contributed by atoms with van der Waals surface area (Å²) in [6.07, 6.45) is 15.8. The quantitative estimate of drug-likeness (QED) is 0.182. The number of allylic oxidation sites excluding steroid dienone is 6. The van der Waals surface area contributed by atoms with Gasteiger partial charge in [-0.1, -0.05) is 145 Å². The van der Waals surface area contributed by atoms with Crippen LogP contribution >= 0.6 is 11.3 Å². The van der Waals surface area contributed by atoms with Crippen LogP contribution in [-0.4, -0.2) is 14.5 Å². The van der Waals surface area contributed by atoms with Gasteiger partial charge in [-0.25, -0.2) is 9.97 Å². The maximum absolute atomic E-state index is 5.76. The summed E-state index contributed by atoms with van der Waals surface area (Å²) in [5.41, 5.74) is 16.3. The zero-order valence-corrected chi connectivity index (χ0v) is 31.1. The summed E-state index contributed by atoms with van der Waals surface area (Å²) in [5.74, 6) is 1.22. The Hall–Kier alpha value is -6.10. The number of hydrogen-bond donors (Lipinski definition) is 0. The second kappa shape index (κ2) is 12.2. The van der Waals surface area contributed by atoms with Crippen molar-refractivity contribution in [3.05, 3.63) is 185 Å². The predicted molar refractivity (Wildman–Crippen MR) is 227 cm³/mol. The maximum Gasteiger partial charge on any atom is 0.236 e. The molecule has 3 nitrogen and oxygen atoms in total. The number of nitrogens with zero attached hydrogens (tertiary/aromatic N) is 3. The van der Waals surface area contributed by atoms with Gasteiger partial charge in [0.2, 0.25) is 5.95 Å². The van der Waals surface area contributed by atoms with E-state index in [1.54, 1.807) is 11.3 Å². The van der Waals surface area contributed by atoms with E-state index < -0.39 is 0 Å². The maximum atomic E-state index is 5.76. The Morgan fingerprint density at radius 2 is 1.43 bits per heavy atom. The molecule has 0 N–H and O–H groups in total. The van der Waals surface area contributed by atoms with Gasteiger partial charge in [0.25, 0.3) is 0 Å². The van der Waals surface area contributed by atoms with Crippen molar-refractivity contribution in [2.45, 2.75) is 32.6 Å². The number of benzene rings is 5. The van der Waals surface area contributed by atoms with Crippen molar-refractivity contribution < 1.29 is 0 Å². The van der Waals surface area contributed by atoms with Gasteiger partial charge in [0.05, 0.1) is 16.9 Å². The van der Waals surface area contributed by atoms with E-state index in [0.717, 1.165) is 40.2 Å². The first kappa shape index (κ1) is 31.4. The van der Waals surface area contributed by atoms with Crippen LogP contribution in [0.15, 0.2) is 151 Å². The summed E-state index contributed by atoms with van der Waals surface area (Å²) in [7, 11) is 0. The lowest BCUT2D eigenvalue weighted by atomic mass is 9.70. The second-order valence-electron chi connectivity index (χ2n) is 14.8. The summed E-state index contributed by atoms with van der Waals surface area (Å²) in [5, 5.41) is 3.61. The molecule has 0 amide bonds. The van der Waals surface area contributed by atoms with Gasteiger partial charge in [-0.05, 0) is 77.8 Å². The summed E-state index contributed by atoms with van der Waals surface area (Å²) in [6, 6.07) is 41.9. The van der Waals surface area contributed by atoms with Gasteiger partial charge in [-0.15, -0.1) is 11.3 Å². The predicted octanol–water partition coefficient (Wildman–Crippen LogP) is 13.1. The number of fused-ring (bicyclic) bond motifs is 9. The smallest absolute Gasteiger partial charge is 0.236 e. The van der Waals surface area contributed by atoms with Crippen molar-refractivity contribution in [1.29, 1.82) is 0 Å². The molecule has 0 saturated carbocycles. The molecule has 0 spiro atoms. The summed E-state index contributed by atoms with van der Waals surface area (Å²) < 4.78 is 3.63. The van der Waals surface area contributed by atoms with Crippen LogP contribution in [0.2, 0.25) is 0 Å². The van der Waals surface area contributed by atoms with E-state index in [2.05, 4.69) is 170 Å². The lowest BCUT2D eigenvalue weighted by Crippen LogP contribution is -2.22. The van der Waals surface area contributed by atoms with Crippen LogP contribution in [0.4, 0.5) is 0 Å². The van der Waals surface area contributed by atoms with Crippen LogP contribution in [-0.2, 0) is 6.42 Å². The van der Waals surface area contributed by atoms with E-state index in [4.69, 9.17) is 9.97 Å². The Morgan fingerprint density at radius 1 is 0.685 bits per heavy atom. The van der Waals surface area contributed by atoms with Gasteiger partial charge in [0, 0.05) is 43.8 Å². The molecular formula is C50H37N3S. The fourth-order valence-electron chi connectivity index (χ4n) is 9.45. The summed E-state index contributed by atoms with van der Waals surface area (Å²) in [6.45, 7) is 4.57. The number of rotatable bonds is 4. The first-order valence-electron chi connectivity index (χ1n) is 19.0. The van der Waals surface area contributed by atoms with Gasteiger partial charge in [-0.2, -0.15) is 0 Å². The van der Waals surface area contributed by atoms with E-state index in [-0.39, 0.29) is 11.8 Å². The summed E-state index contributed by atoms with van der Waals surface area (Å²) in [4.78, 5) is 12.3. The molecule has 4 heteroatoms. The van der Waals surface area contributed by atoms with E-state index in [1.165, 1.54) is 76.8 Å². The highest BCUT2D eigenvalue weighted by Gasteiger charge is 2.38. The van der Waals surface area contributed by atoms with Crippen LogP contribution in [0, 0.1) is 12.8 Å². The van der Waals surface area contributed by atoms with Crippen LogP contribution in [0.1, 0.15) is 52.8 Å². The third-order valence-corrected chi connectivity index (χ3v) is 13.0. The Morgan fingerprint density at radius 3 is 2.30 bits per heavy atom. The number of aromatic nitrogens is 3. The largest absolute Gasteiger partial charge is 0.278 e. The first-order chi connectivity index (χ1) is 26.7. The molecule has 0 bridgehead atoms. The SMILES string of the molecule is CC1=C(c2ccccc2C)c2c(c3ccccc3n2-c2nc(-c3ccc(-c4ccccc4)c4c3CCC=C4)c3c(n2)sc2ccccc23)C2C=CC=CC12. The topological polar surface area (TPSA) is 30.7 Å². The standard InChI is InChI=1S/C50H37N3S/c1-30-16-6-7-19-33(30)44-31(2)34-20-8-11-23-38(34)45-40-24-12-14-26-42(40)53(48(44)45)50-51-47(46-41-25-13-15-27-43(41)54-49(46)52-50)39-29-28-35(32-17-4-3-5-18-32)36-21-9-10-22-37(36)39/h3-9,11-21,23-29,34,38H,10,22H2,1-2H3. The van der Waals surface area contributed by atoms with E-state index in [1.807, 2.05) is 0 Å². The zero-order chi connectivity index (χ0) is 35.9. The molecule has 2 unspecified atom stereocenters. The van der Waals surface area contributed by atoms with Crippen molar-refractivity contribution in [1.82, 2.24) is 14.5 Å². The molecule has 11 rings (SSSR count). The van der Waals surface area contributed by atoms with Gasteiger partial charge >= 0.3 is 0 Å². The van der Waals surface area contributed by atoms with Gasteiger partial charge in [-0.3, -0.25) is 4.57 Å². The molecule has 2 atom stereocenters. The third-order valence-electron chi connectivity index (χ3n) is 11.9. The fourth-order valence-corrected chi connectivity index (χ4v) is 10.5. The molecule has 5 aromatic carbocycles. The minimum absolute atomic E-state index is 0.223. The van der Waals surface area contributed by atoms with Crippen LogP contribution in [0.5, 0.6) is 0 Å². The molecule has 3 aliphatic carbocycles. The first-order valence-corrected chi connectivity index (χ1v) is 19.8. The van der Waals surface area contributed by atoms with Crippen molar-refractivity contribution in [3.63, 3.8) is 0 Å². The Bertz CT molecular complexity index is 2970. The lowest BCUT2D eigenvalue weighted by molar-refractivity contribution is 0.651.